The summed E-state index contributed by atoms with van der Waals surface area (Å²) >= 11 is 0. The van der Waals surface area contributed by atoms with Crippen LogP contribution in [0.2, 0.25) is 0 Å². The van der Waals surface area contributed by atoms with Gasteiger partial charge in [-0.3, -0.25) is 0 Å². The van der Waals surface area contributed by atoms with Crippen LogP contribution in [0.5, 0.6) is 0 Å². The van der Waals surface area contributed by atoms with Crippen LogP contribution in [-0.2, 0) is 0 Å². The predicted octanol–water partition coefficient (Wildman–Crippen LogP) is 16.1. The van der Waals surface area contributed by atoms with E-state index in [2.05, 4.69) is 311 Å². The minimum absolute atomic E-state index is 0.0334. The Labute approximate surface area is 476 Å². The standard InChI is InChI=1S/C76H48B2N4/c1-5-25-57(26-6-1)79-65-34-19-35-66-75(65)78(73-61-33-18-17-20-49(61)37-40-67(73)79)74-62-39-36-54(42-55(62)38-41-68(74)80(66)58-27-7-2-8-28-58)56-47-71-76-72(48-56)82(60-31-11-4-12-32-60)70-46-53-24-16-14-22-51(53)44-64(70)77(76)63-43-50-21-13-15-23-52(50)45-69(63)81(71)59-29-9-3-10-30-59/h1-48H. The Hall–Kier alpha value is -10.6. The lowest BCUT2D eigenvalue weighted by Gasteiger charge is -2.45. The molecular formula is C76H48B2N4. The molecule has 4 heterocycles. The molecule has 0 amide bonds. The molecule has 0 aliphatic carbocycles. The van der Waals surface area contributed by atoms with Crippen molar-refractivity contribution in [1.82, 2.24) is 0 Å². The summed E-state index contributed by atoms with van der Waals surface area (Å²) in [6, 6.07) is 109. The quantitative estimate of drug-likeness (QED) is 0.159. The minimum atomic E-state index is -0.0620. The average Bonchev–Trinajstić information content (AvgIpc) is 1.50. The second kappa shape index (κ2) is 17.5. The zero-order valence-corrected chi connectivity index (χ0v) is 44.7. The molecule has 14 aromatic rings. The molecule has 0 radical (unpaired) electrons. The van der Waals surface area contributed by atoms with Gasteiger partial charge in [0.05, 0.1) is 0 Å². The fourth-order valence-corrected chi connectivity index (χ4v) is 14.7. The first-order valence-electron chi connectivity index (χ1n) is 28.6. The van der Waals surface area contributed by atoms with Crippen LogP contribution in [0.3, 0.4) is 0 Å². The molecule has 0 unspecified atom stereocenters. The molecule has 378 valence electrons. The normalized spacial score (nSPS) is 13.5. The van der Waals surface area contributed by atoms with Crippen molar-refractivity contribution in [1.29, 1.82) is 0 Å². The smallest absolute Gasteiger partial charge is 0.253 e. The topological polar surface area (TPSA) is 13.0 Å². The summed E-state index contributed by atoms with van der Waals surface area (Å²) in [5.41, 5.74) is 24.4. The Morgan fingerprint density at radius 1 is 0.195 bits per heavy atom. The summed E-state index contributed by atoms with van der Waals surface area (Å²) in [4.78, 5) is 10.1. The molecule has 6 heteroatoms. The predicted molar refractivity (Wildman–Crippen MR) is 350 cm³/mol. The van der Waals surface area contributed by atoms with E-state index in [1.165, 1.54) is 127 Å². The number of anilines is 12. The van der Waals surface area contributed by atoms with Gasteiger partial charge in [-0.1, -0.05) is 188 Å². The molecule has 14 aromatic carbocycles. The number of para-hydroxylation sites is 4. The van der Waals surface area contributed by atoms with E-state index < -0.39 is 0 Å². The lowest BCUT2D eigenvalue weighted by atomic mass is 9.32. The van der Waals surface area contributed by atoms with Crippen molar-refractivity contribution in [3.8, 4) is 11.1 Å². The van der Waals surface area contributed by atoms with Gasteiger partial charge in [-0.2, -0.15) is 0 Å². The average molecular weight is 1040 g/mol. The van der Waals surface area contributed by atoms with Crippen LogP contribution in [0.15, 0.2) is 291 Å². The summed E-state index contributed by atoms with van der Waals surface area (Å²) in [6.45, 7) is -0.0954. The highest BCUT2D eigenvalue weighted by Crippen LogP contribution is 2.49. The van der Waals surface area contributed by atoms with Crippen molar-refractivity contribution in [3.05, 3.63) is 291 Å². The van der Waals surface area contributed by atoms with E-state index in [4.69, 9.17) is 0 Å². The molecule has 82 heavy (non-hydrogen) atoms. The van der Waals surface area contributed by atoms with Gasteiger partial charge < -0.3 is 19.6 Å². The van der Waals surface area contributed by atoms with Gasteiger partial charge in [0.1, 0.15) is 0 Å². The van der Waals surface area contributed by atoms with Gasteiger partial charge in [0, 0.05) is 68.2 Å². The lowest BCUT2D eigenvalue weighted by Crippen LogP contribution is -2.61. The van der Waals surface area contributed by atoms with E-state index in [0.29, 0.717) is 0 Å². The van der Waals surface area contributed by atoms with Crippen molar-refractivity contribution in [3.63, 3.8) is 0 Å². The number of fused-ring (bicyclic) bond motifs is 14. The summed E-state index contributed by atoms with van der Waals surface area (Å²) < 4.78 is 0. The number of hydrogen-bond donors (Lipinski definition) is 0. The highest BCUT2D eigenvalue weighted by atomic mass is 15.2. The highest BCUT2D eigenvalue weighted by molar-refractivity contribution is 7.03. The van der Waals surface area contributed by atoms with Gasteiger partial charge in [0.25, 0.3) is 13.4 Å². The first kappa shape index (κ1) is 45.3. The molecule has 4 aliphatic heterocycles. The zero-order chi connectivity index (χ0) is 53.6. The molecule has 0 bridgehead atoms. The molecule has 0 fully saturated rings. The van der Waals surface area contributed by atoms with Crippen LogP contribution < -0.4 is 52.4 Å². The van der Waals surface area contributed by atoms with E-state index >= 15 is 0 Å². The molecule has 18 rings (SSSR count). The Bertz CT molecular complexity index is 4810. The third kappa shape index (κ3) is 6.52. The second-order valence-electron chi connectivity index (χ2n) is 22.4. The molecule has 4 nitrogen and oxygen atoms in total. The number of benzene rings is 14. The van der Waals surface area contributed by atoms with Crippen LogP contribution in [0, 0.1) is 0 Å². The van der Waals surface area contributed by atoms with Gasteiger partial charge in [0.15, 0.2) is 0 Å². The number of rotatable bonds is 5. The first-order valence-corrected chi connectivity index (χ1v) is 28.6. The maximum Gasteiger partial charge on any atom is 0.253 e. The Kier molecular flexibility index (Phi) is 9.66. The fraction of sp³-hybridized carbons (Fsp3) is 0. The molecule has 4 aliphatic rings. The van der Waals surface area contributed by atoms with Crippen molar-refractivity contribution in [2.24, 2.45) is 0 Å². The Morgan fingerprint density at radius 3 is 1.06 bits per heavy atom. The minimum Gasteiger partial charge on any atom is -0.311 e. The van der Waals surface area contributed by atoms with E-state index in [1.54, 1.807) is 0 Å². The van der Waals surface area contributed by atoms with Gasteiger partial charge in [0.2, 0.25) is 0 Å². The second-order valence-corrected chi connectivity index (χ2v) is 22.4. The number of hydrogen-bond acceptors (Lipinski definition) is 4. The van der Waals surface area contributed by atoms with Gasteiger partial charge in [-0.25, -0.2) is 0 Å². The van der Waals surface area contributed by atoms with Crippen molar-refractivity contribution >= 4 is 158 Å². The molecule has 0 saturated heterocycles. The maximum absolute atomic E-state index is 2.55. The third-order valence-corrected chi connectivity index (χ3v) is 18.1. The lowest BCUT2D eigenvalue weighted by molar-refractivity contribution is 1.26. The van der Waals surface area contributed by atoms with Crippen LogP contribution in [0.4, 0.5) is 68.2 Å². The molecule has 0 atom stereocenters. The molecule has 0 spiro atoms. The monoisotopic (exact) mass is 1040 g/mol. The number of nitrogens with zero attached hydrogens (tertiary/aromatic N) is 4. The maximum atomic E-state index is 2.55. The molecular weight excluding hydrogens is 990 g/mol. The van der Waals surface area contributed by atoms with Crippen LogP contribution in [-0.4, -0.2) is 13.4 Å². The van der Waals surface area contributed by atoms with Gasteiger partial charge >= 0.3 is 0 Å². The largest absolute Gasteiger partial charge is 0.311 e. The van der Waals surface area contributed by atoms with Gasteiger partial charge in [-0.15, -0.1) is 0 Å². The Balaban J connectivity index is 0.909. The summed E-state index contributed by atoms with van der Waals surface area (Å²) in [6.07, 6.45) is 0. The summed E-state index contributed by atoms with van der Waals surface area (Å²) in [7, 11) is 0. The van der Waals surface area contributed by atoms with Crippen LogP contribution in [0.1, 0.15) is 0 Å². The zero-order valence-electron chi connectivity index (χ0n) is 44.7. The highest BCUT2D eigenvalue weighted by Gasteiger charge is 2.46. The molecule has 0 N–H and O–H groups in total. The molecule has 0 aromatic heterocycles. The van der Waals surface area contributed by atoms with Crippen LogP contribution >= 0.6 is 0 Å². The van der Waals surface area contributed by atoms with E-state index in [-0.39, 0.29) is 13.4 Å². The van der Waals surface area contributed by atoms with Gasteiger partial charge in [-0.05, 0) is 190 Å². The fourth-order valence-electron chi connectivity index (χ4n) is 14.7. The van der Waals surface area contributed by atoms with Crippen molar-refractivity contribution in [2.75, 3.05) is 19.6 Å². The van der Waals surface area contributed by atoms with E-state index in [0.717, 1.165) is 28.3 Å². The van der Waals surface area contributed by atoms with E-state index in [1.807, 2.05) is 0 Å². The third-order valence-electron chi connectivity index (χ3n) is 18.1. The SMILES string of the molecule is c1ccc(N2c3cc4ccccc4cc3B3c4cc5ccccc5cc4N(c4ccccc4)c4cc(-c5ccc6c7c(ccc6c5)N(c5ccccc5)c5cccc6c5B7c5c(ccc7ccccc57)N6c5ccccc5)cc2c43)cc1. The summed E-state index contributed by atoms with van der Waals surface area (Å²) in [5, 5.41) is 9.90. The van der Waals surface area contributed by atoms with Crippen LogP contribution in [0.25, 0.3) is 54.2 Å². The van der Waals surface area contributed by atoms with Crippen molar-refractivity contribution in [2.45, 2.75) is 0 Å². The Morgan fingerprint density at radius 2 is 0.573 bits per heavy atom. The first-order chi connectivity index (χ1) is 40.7. The van der Waals surface area contributed by atoms with Crippen molar-refractivity contribution < 1.29 is 0 Å². The molecule has 0 saturated carbocycles. The van der Waals surface area contributed by atoms with E-state index in [9.17, 15) is 0 Å². The summed E-state index contributed by atoms with van der Waals surface area (Å²) in [5.74, 6) is 0.